The highest BCUT2D eigenvalue weighted by molar-refractivity contribution is 6.23. The molecule has 1 heterocycles. The average Bonchev–Trinajstić information content (AvgIpc) is 3.87. The second-order valence-electron chi connectivity index (χ2n) is 16.0. The van der Waals surface area contributed by atoms with E-state index in [9.17, 15) is 0 Å². The minimum atomic E-state index is -0.481. The Balaban J connectivity index is 1.08. The topological polar surface area (TPSA) is 16.4 Å². The van der Waals surface area contributed by atoms with Crippen LogP contribution >= 0.6 is 0 Å². The van der Waals surface area contributed by atoms with Gasteiger partial charge >= 0.3 is 0 Å². The molecule has 11 aromatic rings. The minimum absolute atomic E-state index is 0.481. The van der Waals surface area contributed by atoms with Gasteiger partial charge in [-0.1, -0.05) is 200 Å². The summed E-state index contributed by atoms with van der Waals surface area (Å²) in [5.74, 6) is 0. The zero-order chi connectivity index (χ0) is 40.3. The Labute approximate surface area is 355 Å². The highest BCUT2D eigenvalue weighted by Crippen LogP contribution is 2.56. The van der Waals surface area contributed by atoms with Gasteiger partial charge in [0.25, 0.3) is 0 Å². The Kier molecular flexibility index (Phi) is 8.11. The van der Waals surface area contributed by atoms with Crippen LogP contribution in [-0.2, 0) is 5.41 Å². The van der Waals surface area contributed by atoms with Crippen LogP contribution in [0.4, 0.5) is 17.1 Å². The van der Waals surface area contributed by atoms with E-state index in [-0.39, 0.29) is 0 Å². The Hall–Kier alpha value is -7.94. The van der Waals surface area contributed by atoms with Crippen molar-refractivity contribution in [3.05, 3.63) is 259 Å². The van der Waals surface area contributed by atoms with Crippen molar-refractivity contribution in [3.63, 3.8) is 0 Å². The molecular formula is C59H39NO. The summed E-state index contributed by atoms with van der Waals surface area (Å²) in [6.45, 7) is 0. The molecular weight excluding hydrogens is 739 g/mol. The third-order valence-electron chi connectivity index (χ3n) is 12.8. The number of nitrogens with zero attached hydrogens (tertiary/aromatic N) is 1. The number of benzene rings is 10. The first-order valence-corrected chi connectivity index (χ1v) is 21.0. The van der Waals surface area contributed by atoms with Crippen LogP contribution in [0.15, 0.2) is 241 Å². The van der Waals surface area contributed by atoms with E-state index < -0.39 is 5.41 Å². The van der Waals surface area contributed by atoms with Crippen molar-refractivity contribution in [1.82, 2.24) is 0 Å². The molecule has 1 aromatic heterocycles. The fourth-order valence-corrected chi connectivity index (χ4v) is 10.1. The number of rotatable bonds is 7. The predicted molar refractivity (Wildman–Crippen MR) is 254 cm³/mol. The summed E-state index contributed by atoms with van der Waals surface area (Å²) in [5, 5.41) is 4.61. The van der Waals surface area contributed by atoms with Crippen LogP contribution in [0.2, 0.25) is 0 Å². The van der Waals surface area contributed by atoms with Gasteiger partial charge in [0.1, 0.15) is 5.58 Å². The first-order chi connectivity index (χ1) is 30.3. The highest BCUT2D eigenvalue weighted by Gasteiger charge is 2.45. The van der Waals surface area contributed by atoms with Gasteiger partial charge in [-0.2, -0.15) is 0 Å². The molecule has 0 bridgehead atoms. The first-order valence-electron chi connectivity index (χ1n) is 21.0. The quantitative estimate of drug-likeness (QED) is 0.160. The van der Waals surface area contributed by atoms with Gasteiger partial charge in [0.2, 0.25) is 0 Å². The largest absolute Gasteiger partial charge is 0.454 e. The van der Waals surface area contributed by atoms with Crippen LogP contribution in [0.5, 0.6) is 0 Å². The smallest absolute Gasteiger partial charge is 0.159 e. The summed E-state index contributed by atoms with van der Waals surface area (Å²) in [4.78, 5) is 2.36. The number of hydrogen-bond acceptors (Lipinski definition) is 2. The molecule has 0 radical (unpaired) electrons. The number of anilines is 3. The van der Waals surface area contributed by atoms with Crippen LogP contribution in [0.3, 0.4) is 0 Å². The molecule has 0 atom stereocenters. The molecule has 0 aliphatic heterocycles. The van der Waals surface area contributed by atoms with Gasteiger partial charge in [0.05, 0.1) is 11.1 Å². The van der Waals surface area contributed by atoms with Crippen LogP contribution in [0, 0.1) is 0 Å². The Morgan fingerprint density at radius 1 is 0.344 bits per heavy atom. The molecule has 0 spiro atoms. The summed E-state index contributed by atoms with van der Waals surface area (Å²) in [6, 6.07) is 85.7. The molecule has 0 unspecified atom stereocenters. The molecule has 0 saturated heterocycles. The summed E-state index contributed by atoms with van der Waals surface area (Å²) in [6.07, 6.45) is 0. The lowest BCUT2D eigenvalue weighted by Crippen LogP contribution is -2.28. The van der Waals surface area contributed by atoms with Crippen molar-refractivity contribution in [2.45, 2.75) is 5.41 Å². The van der Waals surface area contributed by atoms with Crippen LogP contribution in [0.25, 0.3) is 66.1 Å². The predicted octanol–water partition coefficient (Wildman–Crippen LogP) is 15.9. The lowest BCUT2D eigenvalue weighted by atomic mass is 9.68. The van der Waals surface area contributed by atoms with Crippen molar-refractivity contribution < 1.29 is 4.42 Å². The van der Waals surface area contributed by atoms with Gasteiger partial charge in [0, 0.05) is 22.1 Å². The molecule has 2 heteroatoms. The molecule has 1 aliphatic rings. The summed E-state index contributed by atoms with van der Waals surface area (Å²) in [7, 11) is 0. The SMILES string of the molecule is c1ccc(-c2ccc(N(c3ccc(C4(c5ccccc5)c5ccccc5-c5ccccc54)cc3)c3cccc4c3oc3cc(-c5ccccc5)c5ccccc5c34)cc2)cc1. The molecule has 12 rings (SSSR count). The fourth-order valence-electron chi connectivity index (χ4n) is 10.1. The molecule has 0 amide bonds. The standard InChI is InChI=1S/C59H39NO/c1-4-17-40(18-5-1)41-31-35-45(36-32-41)60(55-30-16-27-51-57-50-26-11-10-23-47(50)52(39-56(57)61-58(51)55)42-19-6-2-7-20-42)46-37-33-44(34-38-46)59(43-21-8-3-9-22-43)53-28-14-12-24-48(53)49-25-13-15-29-54(49)59/h1-39H. The molecule has 0 N–H and O–H groups in total. The summed E-state index contributed by atoms with van der Waals surface area (Å²) < 4.78 is 7.09. The van der Waals surface area contributed by atoms with E-state index in [4.69, 9.17) is 4.42 Å². The average molecular weight is 778 g/mol. The lowest BCUT2D eigenvalue weighted by Gasteiger charge is -2.34. The van der Waals surface area contributed by atoms with Crippen LogP contribution in [0.1, 0.15) is 22.3 Å². The van der Waals surface area contributed by atoms with Crippen molar-refractivity contribution >= 4 is 49.8 Å². The maximum absolute atomic E-state index is 7.09. The number of hydrogen-bond donors (Lipinski definition) is 0. The van der Waals surface area contributed by atoms with Gasteiger partial charge in [-0.3, -0.25) is 0 Å². The maximum Gasteiger partial charge on any atom is 0.159 e. The van der Waals surface area contributed by atoms with E-state index in [1.807, 2.05) is 0 Å². The molecule has 61 heavy (non-hydrogen) atoms. The van der Waals surface area contributed by atoms with Gasteiger partial charge < -0.3 is 9.32 Å². The number of fused-ring (bicyclic) bond motifs is 8. The molecule has 10 aromatic carbocycles. The first kappa shape index (κ1) is 35.0. The van der Waals surface area contributed by atoms with Crippen LogP contribution in [-0.4, -0.2) is 0 Å². The van der Waals surface area contributed by atoms with Gasteiger partial charge in [0.15, 0.2) is 5.58 Å². The molecule has 0 saturated carbocycles. The van der Waals surface area contributed by atoms with E-state index in [1.165, 1.54) is 60.8 Å². The van der Waals surface area contributed by atoms with E-state index in [2.05, 4.69) is 241 Å². The molecule has 0 fully saturated rings. The van der Waals surface area contributed by atoms with E-state index in [0.717, 1.165) is 44.6 Å². The van der Waals surface area contributed by atoms with Crippen molar-refractivity contribution in [3.8, 4) is 33.4 Å². The van der Waals surface area contributed by atoms with E-state index in [1.54, 1.807) is 0 Å². The summed E-state index contributed by atoms with van der Waals surface area (Å²) >= 11 is 0. The van der Waals surface area contributed by atoms with E-state index >= 15 is 0 Å². The zero-order valence-corrected chi connectivity index (χ0v) is 33.4. The normalized spacial score (nSPS) is 12.7. The third kappa shape index (κ3) is 5.43. The Morgan fingerprint density at radius 3 is 1.49 bits per heavy atom. The zero-order valence-electron chi connectivity index (χ0n) is 33.4. The second-order valence-corrected chi connectivity index (χ2v) is 16.0. The van der Waals surface area contributed by atoms with Crippen molar-refractivity contribution in [2.75, 3.05) is 4.90 Å². The number of furan rings is 1. The third-order valence-corrected chi connectivity index (χ3v) is 12.8. The van der Waals surface area contributed by atoms with Gasteiger partial charge in [-0.05, 0) is 103 Å². The summed E-state index contributed by atoms with van der Waals surface area (Å²) in [5.41, 5.74) is 16.7. The minimum Gasteiger partial charge on any atom is -0.454 e. The fraction of sp³-hybridized carbons (Fsp3) is 0.0169. The van der Waals surface area contributed by atoms with Crippen molar-refractivity contribution in [2.24, 2.45) is 0 Å². The Bertz CT molecular complexity index is 3340. The number of para-hydroxylation sites is 1. The lowest BCUT2D eigenvalue weighted by molar-refractivity contribution is 0.669. The monoisotopic (exact) mass is 777 g/mol. The molecule has 1 aliphatic carbocycles. The van der Waals surface area contributed by atoms with Crippen LogP contribution < -0.4 is 4.90 Å². The molecule has 2 nitrogen and oxygen atoms in total. The Morgan fingerprint density at radius 2 is 0.836 bits per heavy atom. The highest BCUT2D eigenvalue weighted by atomic mass is 16.3. The van der Waals surface area contributed by atoms with E-state index in [0.29, 0.717) is 0 Å². The maximum atomic E-state index is 7.09. The van der Waals surface area contributed by atoms with Crippen molar-refractivity contribution in [1.29, 1.82) is 0 Å². The molecule has 286 valence electrons. The second kappa shape index (κ2) is 14.1. The van der Waals surface area contributed by atoms with Gasteiger partial charge in [-0.25, -0.2) is 0 Å². The van der Waals surface area contributed by atoms with Gasteiger partial charge in [-0.15, -0.1) is 0 Å².